The van der Waals surface area contributed by atoms with Gasteiger partial charge in [0.25, 0.3) is 6.01 Å². The third-order valence-corrected chi connectivity index (χ3v) is 2.85. The van der Waals surface area contributed by atoms with Gasteiger partial charge in [-0.1, -0.05) is 32.0 Å². The maximum atomic E-state index is 5.08. The number of ether oxygens (including phenoxy) is 1. The van der Waals surface area contributed by atoms with E-state index in [4.69, 9.17) is 17.0 Å². The van der Waals surface area contributed by atoms with Crippen LogP contribution in [0.2, 0.25) is 0 Å². The Morgan fingerprint density at radius 3 is 2.79 bits per heavy atom. The molecule has 19 heavy (non-hydrogen) atoms. The molecule has 2 rings (SSSR count). The van der Waals surface area contributed by atoms with E-state index in [9.17, 15) is 0 Å². The molecule has 0 aliphatic carbocycles. The molecule has 0 bridgehead atoms. The van der Waals surface area contributed by atoms with Crippen LogP contribution in [0.5, 0.6) is 6.01 Å². The van der Waals surface area contributed by atoms with Crippen LogP contribution < -0.4 is 4.74 Å². The second-order valence-electron chi connectivity index (χ2n) is 4.79. The highest BCUT2D eigenvalue weighted by molar-refractivity contribution is 7.71. The lowest BCUT2D eigenvalue weighted by Gasteiger charge is -2.08. The van der Waals surface area contributed by atoms with Gasteiger partial charge in [-0.15, -0.1) is 0 Å². The Morgan fingerprint density at radius 2 is 2.11 bits per heavy atom. The summed E-state index contributed by atoms with van der Waals surface area (Å²) in [6.45, 7) is 4.40. The predicted molar refractivity (Wildman–Crippen MR) is 77.7 cm³/mol. The molecule has 5 heteroatoms. The van der Waals surface area contributed by atoms with Gasteiger partial charge in [-0.3, -0.25) is 4.98 Å². The van der Waals surface area contributed by atoms with Gasteiger partial charge in [-0.05, 0) is 36.2 Å². The number of aromatic amines is 1. The number of rotatable bonds is 4. The van der Waals surface area contributed by atoms with Crippen LogP contribution >= 0.6 is 12.2 Å². The number of nitrogens with one attached hydrogen (secondary N) is 1. The van der Waals surface area contributed by atoms with Crippen molar-refractivity contribution in [2.75, 3.05) is 7.11 Å². The van der Waals surface area contributed by atoms with E-state index in [1.54, 1.807) is 7.11 Å². The van der Waals surface area contributed by atoms with Gasteiger partial charge in [-0.2, -0.15) is 4.98 Å². The second kappa shape index (κ2) is 5.93. The molecule has 1 aromatic carbocycles. The average molecular weight is 275 g/mol. The van der Waals surface area contributed by atoms with Crippen molar-refractivity contribution in [2.45, 2.75) is 20.3 Å². The third kappa shape index (κ3) is 3.61. The van der Waals surface area contributed by atoms with Crippen LogP contribution in [0, 0.1) is 10.7 Å². The van der Waals surface area contributed by atoms with Crippen molar-refractivity contribution in [3.05, 3.63) is 34.6 Å². The van der Waals surface area contributed by atoms with Crippen LogP contribution in [0.3, 0.4) is 0 Å². The summed E-state index contributed by atoms with van der Waals surface area (Å²) in [7, 11) is 1.55. The standard InChI is InChI=1S/C14H17N3OS/c1-9(2)7-10-5-4-6-11(8-10)12-15-13(18-3)17-14(19)16-12/h4-6,8-9H,7H2,1-3H3,(H,15,16,17,19). The van der Waals surface area contributed by atoms with Crippen molar-refractivity contribution < 1.29 is 4.74 Å². The van der Waals surface area contributed by atoms with Crippen molar-refractivity contribution in [3.8, 4) is 17.4 Å². The van der Waals surface area contributed by atoms with Crippen molar-refractivity contribution in [1.29, 1.82) is 0 Å². The van der Waals surface area contributed by atoms with Crippen molar-refractivity contribution >= 4 is 12.2 Å². The lowest BCUT2D eigenvalue weighted by atomic mass is 10.0. The molecule has 2 aromatic rings. The van der Waals surface area contributed by atoms with Crippen LogP contribution in [0.1, 0.15) is 19.4 Å². The lowest BCUT2D eigenvalue weighted by molar-refractivity contribution is 0.378. The first kappa shape index (κ1) is 13.7. The molecule has 0 fully saturated rings. The first-order valence-electron chi connectivity index (χ1n) is 6.20. The van der Waals surface area contributed by atoms with E-state index in [0.717, 1.165) is 12.0 Å². The second-order valence-corrected chi connectivity index (χ2v) is 5.15. The summed E-state index contributed by atoms with van der Waals surface area (Å²) in [6, 6.07) is 8.64. The Labute approximate surface area is 117 Å². The number of hydrogen-bond acceptors (Lipinski definition) is 4. The Balaban J connectivity index is 2.41. The van der Waals surface area contributed by atoms with Crippen LogP contribution in [0.4, 0.5) is 0 Å². The van der Waals surface area contributed by atoms with E-state index in [-0.39, 0.29) is 4.77 Å². The molecule has 0 aliphatic rings. The van der Waals surface area contributed by atoms with Gasteiger partial charge < -0.3 is 4.74 Å². The summed E-state index contributed by atoms with van der Waals surface area (Å²) in [6.07, 6.45) is 1.04. The van der Waals surface area contributed by atoms with Gasteiger partial charge in [0.2, 0.25) is 4.77 Å². The Morgan fingerprint density at radius 1 is 1.32 bits per heavy atom. The van der Waals surface area contributed by atoms with Crippen LogP contribution in [0.15, 0.2) is 24.3 Å². The molecule has 1 aromatic heterocycles. The number of methoxy groups -OCH3 is 1. The van der Waals surface area contributed by atoms with Gasteiger partial charge in [-0.25, -0.2) is 4.98 Å². The predicted octanol–water partition coefficient (Wildman–Crippen LogP) is 3.41. The molecule has 1 N–H and O–H groups in total. The van der Waals surface area contributed by atoms with Crippen molar-refractivity contribution in [3.63, 3.8) is 0 Å². The fraction of sp³-hybridized carbons (Fsp3) is 0.357. The summed E-state index contributed by atoms with van der Waals surface area (Å²) in [4.78, 5) is 11.2. The number of hydrogen-bond donors (Lipinski definition) is 1. The van der Waals surface area contributed by atoms with Crippen molar-refractivity contribution in [1.82, 2.24) is 15.0 Å². The minimum Gasteiger partial charge on any atom is -0.468 e. The summed E-state index contributed by atoms with van der Waals surface area (Å²) >= 11 is 5.03. The van der Waals surface area contributed by atoms with Crippen molar-refractivity contribution in [2.24, 2.45) is 5.92 Å². The summed E-state index contributed by atoms with van der Waals surface area (Å²) in [5, 5.41) is 0. The molecule has 0 unspecified atom stereocenters. The maximum Gasteiger partial charge on any atom is 0.297 e. The third-order valence-electron chi connectivity index (χ3n) is 2.67. The van der Waals surface area contributed by atoms with Gasteiger partial charge >= 0.3 is 0 Å². The van der Waals surface area contributed by atoms with E-state index >= 15 is 0 Å². The van der Waals surface area contributed by atoms with E-state index < -0.39 is 0 Å². The molecule has 4 nitrogen and oxygen atoms in total. The van der Waals surface area contributed by atoms with E-state index in [1.807, 2.05) is 12.1 Å². The minimum absolute atomic E-state index is 0.278. The normalized spacial score (nSPS) is 10.7. The van der Waals surface area contributed by atoms with Gasteiger partial charge in [0, 0.05) is 5.56 Å². The molecule has 0 spiro atoms. The smallest absolute Gasteiger partial charge is 0.297 e. The molecular weight excluding hydrogens is 258 g/mol. The highest BCUT2D eigenvalue weighted by Gasteiger charge is 2.05. The largest absolute Gasteiger partial charge is 0.468 e. The van der Waals surface area contributed by atoms with E-state index in [1.165, 1.54) is 5.56 Å². The molecule has 0 amide bonds. The minimum atomic E-state index is 0.278. The fourth-order valence-corrected chi connectivity index (χ4v) is 2.09. The molecule has 0 aliphatic heterocycles. The summed E-state index contributed by atoms with van der Waals surface area (Å²) in [5.74, 6) is 1.30. The molecule has 0 saturated carbocycles. The monoisotopic (exact) mass is 275 g/mol. The Kier molecular flexibility index (Phi) is 4.27. The Bertz CT molecular complexity index is 622. The highest BCUT2D eigenvalue weighted by Crippen LogP contribution is 2.19. The molecule has 1 heterocycles. The zero-order valence-corrected chi connectivity index (χ0v) is 12.1. The molecule has 0 saturated heterocycles. The first-order chi connectivity index (χ1) is 9.08. The van der Waals surface area contributed by atoms with E-state index in [0.29, 0.717) is 17.8 Å². The molecular formula is C14H17N3OS. The Hall–Kier alpha value is -1.75. The SMILES string of the molecule is COc1nc(=S)nc(-c2cccc(CC(C)C)c2)[nH]1. The quantitative estimate of drug-likeness (QED) is 0.869. The number of H-pyrrole nitrogens is 1. The zero-order chi connectivity index (χ0) is 13.8. The number of nitrogens with zero attached hydrogens (tertiary/aromatic N) is 2. The van der Waals surface area contributed by atoms with Crippen LogP contribution in [0.25, 0.3) is 11.4 Å². The topological polar surface area (TPSA) is 50.8 Å². The van der Waals surface area contributed by atoms with Gasteiger partial charge in [0.15, 0.2) is 0 Å². The summed E-state index contributed by atoms with van der Waals surface area (Å²) in [5.41, 5.74) is 2.27. The van der Waals surface area contributed by atoms with Gasteiger partial charge in [0.1, 0.15) is 5.82 Å². The van der Waals surface area contributed by atoms with Crippen LogP contribution in [-0.4, -0.2) is 22.1 Å². The molecule has 100 valence electrons. The first-order valence-corrected chi connectivity index (χ1v) is 6.61. The number of benzene rings is 1. The zero-order valence-electron chi connectivity index (χ0n) is 11.3. The summed E-state index contributed by atoms with van der Waals surface area (Å²) < 4.78 is 5.36. The van der Waals surface area contributed by atoms with Gasteiger partial charge in [0.05, 0.1) is 7.11 Å². The lowest BCUT2D eigenvalue weighted by Crippen LogP contribution is -1.99. The molecule has 0 radical (unpaired) electrons. The average Bonchev–Trinajstić information content (AvgIpc) is 2.37. The molecule has 0 atom stereocenters. The maximum absolute atomic E-state index is 5.08. The highest BCUT2D eigenvalue weighted by atomic mass is 32.1. The fourth-order valence-electron chi connectivity index (χ4n) is 1.92. The number of aromatic nitrogens is 3. The van der Waals surface area contributed by atoms with Crippen LogP contribution in [-0.2, 0) is 6.42 Å². The van der Waals surface area contributed by atoms with E-state index in [2.05, 4.69) is 40.9 Å².